The van der Waals surface area contributed by atoms with Crippen LogP contribution in [0.15, 0.2) is 36.4 Å². The minimum atomic E-state index is -4.72. The van der Waals surface area contributed by atoms with Gasteiger partial charge in [-0.15, -0.1) is 13.2 Å². The number of likely N-dealkylation sites (N-methyl/N-ethyl adjacent to an activating group) is 1. The van der Waals surface area contributed by atoms with Crippen molar-refractivity contribution in [3.05, 3.63) is 58.7 Å². The Morgan fingerprint density at radius 1 is 1.03 bits per heavy atom. The summed E-state index contributed by atoms with van der Waals surface area (Å²) in [5, 5.41) is 0. The van der Waals surface area contributed by atoms with E-state index in [1.54, 1.807) is 17.0 Å². The molecule has 1 amide bonds. The number of alkyl halides is 3. The predicted octanol–water partition coefficient (Wildman–Crippen LogP) is 4.19. The third-order valence-corrected chi connectivity index (χ3v) is 5.98. The van der Waals surface area contributed by atoms with E-state index < -0.39 is 6.36 Å². The molecule has 0 aromatic heterocycles. The van der Waals surface area contributed by atoms with Crippen molar-refractivity contribution >= 4 is 11.6 Å². The van der Waals surface area contributed by atoms with E-state index in [0.29, 0.717) is 13.1 Å². The van der Waals surface area contributed by atoms with E-state index in [-0.39, 0.29) is 11.7 Å². The Balaban J connectivity index is 1.46. The van der Waals surface area contributed by atoms with Crippen molar-refractivity contribution in [2.75, 3.05) is 37.6 Å². The van der Waals surface area contributed by atoms with E-state index in [9.17, 15) is 18.0 Å². The highest BCUT2D eigenvalue weighted by Gasteiger charge is 2.32. The van der Waals surface area contributed by atoms with Gasteiger partial charge in [0.15, 0.2) is 0 Å². The van der Waals surface area contributed by atoms with E-state index in [4.69, 9.17) is 0 Å². The highest BCUT2D eigenvalue weighted by atomic mass is 19.4. The molecule has 0 aliphatic carbocycles. The maximum Gasteiger partial charge on any atom is 0.573 e. The summed E-state index contributed by atoms with van der Waals surface area (Å²) in [5.41, 5.74) is 4.62. The summed E-state index contributed by atoms with van der Waals surface area (Å²) in [7, 11) is 0. The summed E-state index contributed by atoms with van der Waals surface area (Å²) in [5.74, 6) is -0.304. The Labute approximate surface area is 180 Å². The molecule has 8 heteroatoms. The third-order valence-electron chi connectivity index (χ3n) is 5.98. The molecule has 0 spiro atoms. The number of rotatable bonds is 5. The second-order valence-corrected chi connectivity index (χ2v) is 8.07. The van der Waals surface area contributed by atoms with Crippen LogP contribution >= 0.6 is 0 Å². The van der Waals surface area contributed by atoms with Gasteiger partial charge in [-0.05, 0) is 54.4 Å². The fourth-order valence-corrected chi connectivity index (χ4v) is 4.36. The molecule has 2 heterocycles. The minimum Gasteiger partial charge on any atom is -0.406 e. The first kappa shape index (κ1) is 21.5. The fraction of sp³-hybridized carbons (Fsp3) is 0.435. The van der Waals surface area contributed by atoms with Gasteiger partial charge in [-0.2, -0.15) is 0 Å². The highest BCUT2D eigenvalue weighted by molar-refractivity contribution is 6.00. The molecule has 0 saturated carbocycles. The normalized spacial score (nSPS) is 17.3. The van der Waals surface area contributed by atoms with Crippen molar-refractivity contribution in [3.8, 4) is 5.75 Å². The Morgan fingerprint density at radius 3 is 2.32 bits per heavy atom. The number of anilines is 1. The topological polar surface area (TPSA) is 36.0 Å². The van der Waals surface area contributed by atoms with Crippen molar-refractivity contribution in [1.82, 2.24) is 9.80 Å². The van der Waals surface area contributed by atoms with E-state index in [2.05, 4.69) is 33.6 Å². The number of carbonyl (C=O) groups excluding carboxylic acids is 1. The largest absolute Gasteiger partial charge is 0.573 e. The maximum atomic E-state index is 13.0. The molecule has 2 aliphatic rings. The number of hydrogen-bond donors (Lipinski definition) is 0. The molecular weight excluding hydrogens is 407 g/mol. The lowest BCUT2D eigenvalue weighted by Crippen LogP contribution is -2.46. The standard InChI is InChI=1S/C23H26F3N3O2/c1-3-27-8-10-28(11-9-27)19-12-16(2)21-18(13-19)15-29(22(21)30)14-17-4-6-20(7-5-17)31-23(24,25)26/h4-7,12-13H,3,8-11,14-15H2,1-2H3. The summed E-state index contributed by atoms with van der Waals surface area (Å²) < 4.78 is 40.9. The lowest BCUT2D eigenvalue weighted by Gasteiger charge is -2.35. The SMILES string of the molecule is CCN1CCN(c2cc(C)c3c(c2)CN(Cc2ccc(OC(F)(F)F)cc2)C3=O)CC1. The number of benzene rings is 2. The van der Waals surface area contributed by atoms with E-state index in [0.717, 1.165) is 60.7 Å². The van der Waals surface area contributed by atoms with Gasteiger partial charge in [-0.25, -0.2) is 0 Å². The first-order valence-electron chi connectivity index (χ1n) is 10.5. The molecule has 2 aromatic carbocycles. The number of nitrogens with zero attached hydrogens (tertiary/aromatic N) is 3. The zero-order chi connectivity index (χ0) is 22.2. The molecule has 5 nitrogen and oxygen atoms in total. The van der Waals surface area contributed by atoms with Gasteiger partial charge in [-0.3, -0.25) is 4.79 Å². The molecule has 0 unspecified atom stereocenters. The van der Waals surface area contributed by atoms with Crippen LogP contribution in [0.4, 0.5) is 18.9 Å². The number of amides is 1. The van der Waals surface area contributed by atoms with Crippen molar-refractivity contribution in [3.63, 3.8) is 0 Å². The van der Waals surface area contributed by atoms with Crippen LogP contribution in [0, 0.1) is 6.92 Å². The summed E-state index contributed by atoms with van der Waals surface area (Å²) in [6, 6.07) is 9.87. The number of ether oxygens (including phenoxy) is 1. The molecular formula is C23H26F3N3O2. The molecule has 166 valence electrons. The number of carbonyl (C=O) groups is 1. The Bertz CT molecular complexity index is 952. The van der Waals surface area contributed by atoms with Crippen LogP contribution in [-0.4, -0.2) is 54.8 Å². The minimum absolute atomic E-state index is 0.0366. The Kier molecular flexibility index (Phi) is 5.83. The number of hydrogen-bond acceptors (Lipinski definition) is 4. The van der Waals surface area contributed by atoms with Gasteiger partial charge in [0.25, 0.3) is 5.91 Å². The van der Waals surface area contributed by atoms with Crippen LogP contribution < -0.4 is 9.64 Å². The molecule has 1 fully saturated rings. The average molecular weight is 433 g/mol. The van der Waals surface area contributed by atoms with Gasteiger partial charge >= 0.3 is 6.36 Å². The second kappa shape index (κ2) is 8.42. The molecule has 1 saturated heterocycles. The Hall–Kier alpha value is -2.74. The van der Waals surface area contributed by atoms with Gasteiger partial charge in [0.1, 0.15) is 5.75 Å². The molecule has 2 aromatic rings. The number of aryl methyl sites for hydroxylation is 1. The first-order chi connectivity index (χ1) is 14.7. The van der Waals surface area contributed by atoms with E-state index in [1.807, 2.05) is 6.92 Å². The molecule has 4 rings (SSSR count). The lowest BCUT2D eigenvalue weighted by molar-refractivity contribution is -0.274. The third kappa shape index (κ3) is 4.79. The van der Waals surface area contributed by atoms with Gasteiger partial charge in [0, 0.05) is 50.5 Å². The second-order valence-electron chi connectivity index (χ2n) is 8.07. The molecule has 0 N–H and O–H groups in total. The zero-order valence-corrected chi connectivity index (χ0v) is 17.7. The quantitative estimate of drug-likeness (QED) is 0.709. The predicted molar refractivity (Wildman–Crippen MR) is 112 cm³/mol. The highest BCUT2D eigenvalue weighted by Crippen LogP contribution is 2.32. The van der Waals surface area contributed by atoms with Crippen molar-refractivity contribution in [2.24, 2.45) is 0 Å². The van der Waals surface area contributed by atoms with E-state index >= 15 is 0 Å². The number of fused-ring (bicyclic) bond motifs is 1. The van der Waals surface area contributed by atoms with Crippen LogP contribution in [0.25, 0.3) is 0 Å². The van der Waals surface area contributed by atoms with Crippen LogP contribution in [-0.2, 0) is 13.1 Å². The van der Waals surface area contributed by atoms with Gasteiger partial charge in [-0.1, -0.05) is 19.1 Å². The summed E-state index contributed by atoms with van der Waals surface area (Å²) in [4.78, 5) is 19.5. The van der Waals surface area contributed by atoms with Gasteiger partial charge < -0.3 is 19.4 Å². The average Bonchev–Trinajstić information content (AvgIpc) is 3.04. The van der Waals surface area contributed by atoms with Crippen molar-refractivity contribution < 1.29 is 22.7 Å². The molecule has 0 bridgehead atoms. The Morgan fingerprint density at radius 2 is 1.71 bits per heavy atom. The van der Waals surface area contributed by atoms with Crippen LogP contribution in [0.2, 0.25) is 0 Å². The zero-order valence-electron chi connectivity index (χ0n) is 17.7. The molecule has 2 aliphatic heterocycles. The van der Waals surface area contributed by atoms with Crippen LogP contribution in [0.5, 0.6) is 5.75 Å². The smallest absolute Gasteiger partial charge is 0.406 e. The summed E-state index contributed by atoms with van der Waals surface area (Å²) >= 11 is 0. The van der Waals surface area contributed by atoms with Gasteiger partial charge in [0.2, 0.25) is 0 Å². The number of piperazine rings is 1. The molecule has 0 atom stereocenters. The summed E-state index contributed by atoms with van der Waals surface area (Å²) in [6.07, 6.45) is -4.72. The fourth-order valence-electron chi connectivity index (χ4n) is 4.36. The van der Waals surface area contributed by atoms with Crippen LogP contribution in [0.1, 0.15) is 34.0 Å². The van der Waals surface area contributed by atoms with E-state index in [1.165, 1.54) is 12.1 Å². The lowest BCUT2D eigenvalue weighted by atomic mass is 10.0. The van der Waals surface area contributed by atoms with Crippen molar-refractivity contribution in [2.45, 2.75) is 33.3 Å². The monoisotopic (exact) mass is 433 g/mol. The van der Waals surface area contributed by atoms with Crippen LogP contribution in [0.3, 0.4) is 0 Å². The van der Waals surface area contributed by atoms with Crippen molar-refractivity contribution in [1.29, 1.82) is 0 Å². The first-order valence-corrected chi connectivity index (χ1v) is 10.5. The maximum absolute atomic E-state index is 13.0. The number of halogens is 3. The molecule has 31 heavy (non-hydrogen) atoms. The summed E-state index contributed by atoms with van der Waals surface area (Å²) in [6.45, 7) is 10.0. The van der Waals surface area contributed by atoms with Gasteiger partial charge in [0.05, 0.1) is 0 Å². The molecule has 0 radical (unpaired) electrons.